The molecule has 1 aliphatic heterocycles. The highest BCUT2D eigenvalue weighted by Gasteiger charge is 2.46. The second-order valence-electron chi connectivity index (χ2n) is 8.11. The molecule has 0 bridgehead atoms. The number of benzene rings is 2. The summed E-state index contributed by atoms with van der Waals surface area (Å²) >= 11 is 0. The number of fused-ring (bicyclic) bond motifs is 1. The van der Waals surface area contributed by atoms with Gasteiger partial charge in [0.1, 0.15) is 23.5 Å². The van der Waals surface area contributed by atoms with Crippen molar-refractivity contribution in [3.63, 3.8) is 0 Å². The van der Waals surface area contributed by atoms with Gasteiger partial charge in [0.2, 0.25) is 5.91 Å². The Morgan fingerprint density at radius 2 is 1.88 bits per heavy atom. The van der Waals surface area contributed by atoms with Gasteiger partial charge in [-0.25, -0.2) is 23.4 Å². The Bertz CT molecular complexity index is 1340. The largest absolute Gasteiger partial charge is 0.457 e. The standard InChI is InChI=1S/C25H21F2N5O2/c1-2-22(33)31-15-25(26,27)12-18(31)14-32-24-21(13-28-16-29-24)23(30-32)17-8-10-20(11-9-17)34-19-6-4-3-5-7-19/h2-11,13,16,18H,1,12,14-15H2/t18-/m1/s1. The van der Waals surface area contributed by atoms with Crippen molar-refractivity contribution in [2.24, 2.45) is 0 Å². The van der Waals surface area contributed by atoms with Crippen molar-refractivity contribution in [3.8, 4) is 22.8 Å². The van der Waals surface area contributed by atoms with Crippen molar-refractivity contribution in [2.75, 3.05) is 6.54 Å². The molecule has 34 heavy (non-hydrogen) atoms. The Morgan fingerprint density at radius 1 is 1.15 bits per heavy atom. The van der Waals surface area contributed by atoms with Crippen molar-refractivity contribution in [1.29, 1.82) is 0 Å². The van der Waals surface area contributed by atoms with Crippen molar-refractivity contribution >= 4 is 16.9 Å². The fourth-order valence-corrected chi connectivity index (χ4v) is 4.20. The first kappa shape index (κ1) is 21.7. The van der Waals surface area contributed by atoms with Gasteiger partial charge in [-0.15, -0.1) is 0 Å². The number of amides is 1. The van der Waals surface area contributed by atoms with E-state index >= 15 is 0 Å². The van der Waals surface area contributed by atoms with Gasteiger partial charge in [-0.3, -0.25) is 4.79 Å². The van der Waals surface area contributed by atoms with Gasteiger partial charge in [0.15, 0.2) is 5.65 Å². The van der Waals surface area contributed by atoms with Crippen molar-refractivity contribution in [1.82, 2.24) is 24.6 Å². The van der Waals surface area contributed by atoms with Gasteiger partial charge in [-0.1, -0.05) is 24.8 Å². The molecule has 1 atom stereocenters. The van der Waals surface area contributed by atoms with Crippen LogP contribution in [0.2, 0.25) is 0 Å². The van der Waals surface area contributed by atoms with E-state index in [0.717, 1.165) is 22.3 Å². The molecule has 1 saturated heterocycles. The number of aromatic nitrogens is 4. The summed E-state index contributed by atoms with van der Waals surface area (Å²) in [5.41, 5.74) is 1.93. The molecule has 172 valence electrons. The summed E-state index contributed by atoms with van der Waals surface area (Å²) in [5, 5.41) is 5.35. The molecule has 9 heteroatoms. The monoisotopic (exact) mass is 461 g/mol. The smallest absolute Gasteiger partial charge is 0.267 e. The molecule has 2 aromatic carbocycles. The first-order chi connectivity index (χ1) is 16.4. The number of hydrogen-bond acceptors (Lipinski definition) is 5. The van der Waals surface area contributed by atoms with Crippen LogP contribution in [-0.2, 0) is 11.3 Å². The van der Waals surface area contributed by atoms with E-state index in [-0.39, 0.29) is 6.54 Å². The molecular weight excluding hydrogens is 440 g/mol. The summed E-state index contributed by atoms with van der Waals surface area (Å²) in [6.07, 6.45) is 3.64. The van der Waals surface area contributed by atoms with Crippen LogP contribution in [0.25, 0.3) is 22.3 Å². The molecule has 5 rings (SSSR count). The minimum absolute atomic E-state index is 0.0812. The van der Waals surface area contributed by atoms with E-state index in [1.807, 2.05) is 54.6 Å². The lowest BCUT2D eigenvalue weighted by molar-refractivity contribution is -0.128. The highest BCUT2D eigenvalue weighted by Crippen LogP contribution is 2.34. The molecule has 0 aliphatic carbocycles. The van der Waals surface area contributed by atoms with Gasteiger partial charge < -0.3 is 9.64 Å². The number of halogens is 2. The molecule has 3 heterocycles. The van der Waals surface area contributed by atoms with Crippen LogP contribution < -0.4 is 4.74 Å². The minimum Gasteiger partial charge on any atom is -0.457 e. The zero-order valence-corrected chi connectivity index (χ0v) is 18.1. The maximum Gasteiger partial charge on any atom is 0.267 e. The average Bonchev–Trinajstić information content (AvgIpc) is 3.36. The van der Waals surface area contributed by atoms with E-state index in [2.05, 4.69) is 21.6 Å². The van der Waals surface area contributed by atoms with E-state index < -0.39 is 30.8 Å². The summed E-state index contributed by atoms with van der Waals surface area (Å²) in [7, 11) is 0. The maximum absolute atomic E-state index is 14.1. The molecule has 1 amide bonds. The van der Waals surface area contributed by atoms with E-state index in [0.29, 0.717) is 22.5 Å². The molecular formula is C25H21F2N5O2. The Kier molecular flexibility index (Phi) is 5.53. The van der Waals surface area contributed by atoms with Gasteiger partial charge in [0.25, 0.3) is 5.92 Å². The van der Waals surface area contributed by atoms with Crippen LogP contribution >= 0.6 is 0 Å². The molecule has 2 aromatic heterocycles. The van der Waals surface area contributed by atoms with Crippen LogP contribution in [0.3, 0.4) is 0 Å². The van der Waals surface area contributed by atoms with Gasteiger partial charge in [0, 0.05) is 18.2 Å². The van der Waals surface area contributed by atoms with Crippen LogP contribution in [0.15, 0.2) is 79.8 Å². The highest BCUT2D eigenvalue weighted by molar-refractivity contribution is 5.90. The topological polar surface area (TPSA) is 73.1 Å². The quantitative estimate of drug-likeness (QED) is 0.389. The van der Waals surface area contributed by atoms with Crippen LogP contribution in [0.4, 0.5) is 8.78 Å². The third-order valence-corrected chi connectivity index (χ3v) is 5.74. The van der Waals surface area contributed by atoms with Crippen molar-refractivity contribution in [3.05, 3.63) is 79.8 Å². The second-order valence-corrected chi connectivity index (χ2v) is 8.11. The van der Waals surface area contributed by atoms with Crippen LogP contribution in [0, 0.1) is 0 Å². The zero-order chi connectivity index (χ0) is 23.7. The number of ether oxygens (including phenoxy) is 1. The van der Waals surface area contributed by atoms with Gasteiger partial charge in [-0.2, -0.15) is 5.10 Å². The highest BCUT2D eigenvalue weighted by atomic mass is 19.3. The van der Waals surface area contributed by atoms with Gasteiger partial charge >= 0.3 is 0 Å². The normalized spacial score (nSPS) is 17.1. The lowest BCUT2D eigenvalue weighted by Crippen LogP contribution is -2.37. The summed E-state index contributed by atoms with van der Waals surface area (Å²) < 4.78 is 35.7. The predicted octanol–water partition coefficient (Wildman–Crippen LogP) is 4.71. The summed E-state index contributed by atoms with van der Waals surface area (Å²) in [6.45, 7) is 2.88. The fraction of sp³-hybridized carbons (Fsp3) is 0.200. The molecule has 0 spiro atoms. The summed E-state index contributed by atoms with van der Waals surface area (Å²) in [6, 6.07) is 16.1. The number of rotatable bonds is 6. The minimum atomic E-state index is -2.96. The molecule has 0 radical (unpaired) electrons. The molecule has 1 fully saturated rings. The molecule has 1 aliphatic rings. The van der Waals surface area contributed by atoms with E-state index in [1.54, 1.807) is 10.9 Å². The van der Waals surface area contributed by atoms with E-state index in [1.165, 1.54) is 6.33 Å². The van der Waals surface area contributed by atoms with Crippen LogP contribution in [0.5, 0.6) is 11.5 Å². The van der Waals surface area contributed by atoms with Crippen LogP contribution in [-0.4, -0.2) is 49.1 Å². The zero-order valence-electron chi connectivity index (χ0n) is 18.1. The Hall–Kier alpha value is -4.14. The second kappa shape index (κ2) is 8.66. The molecule has 0 saturated carbocycles. The van der Waals surface area contributed by atoms with E-state index in [9.17, 15) is 13.6 Å². The number of hydrogen-bond donors (Lipinski definition) is 0. The van der Waals surface area contributed by atoms with Gasteiger partial charge in [0.05, 0.1) is 24.5 Å². The summed E-state index contributed by atoms with van der Waals surface area (Å²) in [4.78, 5) is 21.7. The Labute approximate surface area is 194 Å². The Balaban J connectivity index is 1.45. The number of nitrogens with zero attached hydrogens (tertiary/aromatic N) is 5. The maximum atomic E-state index is 14.1. The number of likely N-dealkylation sites (tertiary alicyclic amines) is 1. The molecule has 4 aromatic rings. The first-order valence-electron chi connectivity index (χ1n) is 10.7. The third-order valence-electron chi connectivity index (χ3n) is 5.74. The number of carbonyl (C=O) groups is 1. The SMILES string of the molecule is C=CC(=O)N1CC(F)(F)C[C@@H]1Cn1nc(-c2ccc(Oc3ccccc3)cc2)c2cncnc21. The number of carbonyl (C=O) groups excluding carboxylic acids is 1. The number of alkyl halides is 2. The lowest BCUT2D eigenvalue weighted by Gasteiger charge is -2.22. The molecule has 0 unspecified atom stereocenters. The third kappa shape index (κ3) is 4.24. The van der Waals surface area contributed by atoms with Crippen molar-refractivity contribution < 1.29 is 18.3 Å². The average molecular weight is 461 g/mol. The number of para-hydroxylation sites is 1. The molecule has 7 nitrogen and oxygen atoms in total. The lowest BCUT2D eigenvalue weighted by atomic mass is 10.1. The Morgan fingerprint density at radius 3 is 2.62 bits per heavy atom. The molecule has 0 N–H and O–H groups in total. The van der Waals surface area contributed by atoms with Crippen molar-refractivity contribution in [2.45, 2.75) is 24.9 Å². The van der Waals surface area contributed by atoms with E-state index in [4.69, 9.17) is 4.74 Å². The van der Waals surface area contributed by atoms with Crippen LogP contribution in [0.1, 0.15) is 6.42 Å². The van der Waals surface area contributed by atoms with Gasteiger partial charge in [-0.05, 0) is 42.5 Å². The predicted molar refractivity (Wildman–Crippen MR) is 123 cm³/mol. The fourth-order valence-electron chi connectivity index (χ4n) is 4.20. The first-order valence-corrected chi connectivity index (χ1v) is 10.7. The summed E-state index contributed by atoms with van der Waals surface area (Å²) in [5.74, 6) is -2.09.